The van der Waals surface area contributed by atoms with Gasteiger partial charge in [0.2, 0.25) is 5.91 Å². The van der Waals surface area contributed by atoms with Gasteiger partial charge in [0.25, 0.3) is 0 Å². The molecule has 0 fully saturated rings. The maximum atomic E-state index is 12.1. The molecule has 0 aromatic carbocycles. The minimum absolute atomic E-state index is 0.0462. The zero-order valence-corrected chi connectivity index (χ0v) is 13.3. The highest BCUT2D eigenvalue weighted by Gasteiger charge is 2.20. The van der Waals surface area contributed by atoms with Crippen LogP contribution in [0.25, 0.3) is 0 Å². The number of carbonyl (C=O) groups excluding carboxylic acids is 2. The quantitative estimate of drug-likeness (QED) is 0.581. The molecule has 0 saturated heterocycles. The van der Waals surface area contributed by atoms with Gasteiger partial charge in [0.05, 0.1) is 12.5 Å². The van der Waals surface area contributed by atoms with Gasteiger partial charge in [-0.25, -0.2) is 4.79 Å². The highest BCUT2D eigenvalue weighted by atomic mass is 32.1. The Balaban J connectivity index is 2.61. The van der Waals surface area contributed by atoms with E-state index in [4.69, 9.17) is 11.5 Å². The van der Waals surface area contributed by atoms with Gasteiger partial charge in [0.1, 0.15) is 0 Å². The van der Waals surface area contributed by atoms with E-state index >= 15 is 0 Å². The van der Waals surface area contributed by atoms with Crippen LogP contribution in [0.2, 0.25) is 0 Å². The first-order valence-corrected chi connectivity index (χ1v) is 7.89. The summed E-state index contributed by atoms with van der Waals surface area (Å²) >= 11 is 1.48. The third kappa shape index (κ3) is 6.59. The Morgan fingerprint density at radius 2 is 2.05 bits per heavy atom. The van der Waals surface area contributed by atoms with Crippen molar-refractivity contribution in [1.29, 1.82) is 0 Å². The lowest BCUT2D eigenvalue weighted by Gasteiger charge is -2.21. The van der Waals surface area contributed by atoms with E-state index in [1.807, 2.05) is 17.5 Å². The Bertz CT molecular complexity index is 448. The largest absolute Gasteiger partial charge is 0.352 e. The van der Waals surface area contributed by atoms with Crippen LogP contribution in [0.3, 0.4) is 0 Å². The number of primary amides is 1. The van der Waals surface area contributed by atoms with Crippen LogP contribution in [0.4, 0.5) is 4.79 Å². The van der Waals surface area contributed by atoms with Crippen molar-refractivity contribution in [2.75, 3.05) is 6.54 Å². The van der Waals surface area contributed by atoms with Crippen LogP contribution in [0.5, 0.6) is 0 Å². The van der Waals surface area contributed by atoms with Crippen molar-refractivity contribution >= 4 is 23.3 Å². The van der Waals surface area contributed by atoms with Gasteiger partial charge in [-0.2, -0.15) is 0 Å². The molecular formula is C14H24N4O2S. The van der Waals surface area contributed by atoms with Crippen molar-refractivity contribution in [2.45, 2.75) is 38.8 Å². The number of carbonyl (C=O) groups is 2. The van der Waals surface area contributed by atoms with E-state index in [9.17, 15) is 9.59 Å². The van der Waals surface area contributed by atoms with Crippen molar-refractivity contribution < 1.29 is 9.59 Å². The smallest absolute Gasteiger partial charge is 0.312 e. The normalized spacial score (nSPS) is 13.7. The molecule has 0 aliphatic heterocycles. The molecule has 0 bridgehead atoms. The van der Waals surface area contributed by atoms with E-state index in [0.29, 0.717) is 12.5 Å². The number of nitrogens with two attached hydrogens (primary N) is 2. The summed E-state index contributed by atoms with van der Waals surface area (Å²) in [5.74, 6) is 0.314. The summed E-state index contributed by atoms with van der Waals surface area (Å²) in [6.07, 6.45) is 0.979. The molecule has 2 unspecified atom stereocenters. The molecule has 0 aliphatic rings. The summed E-state index contributed by atoms with van der Waals surface area (Å²) in [6.45, 7) is 4.56. The van der Waals surface area contributed by atoms with Gasteiger partial charge < -0.3 is 22.1 Å². The summed E-state index contributed by atoms with van der Waals surface area (Å²) in [5.41, 5.74) is 10.8. The van der Waals surface area contributed by atoms with Crippen LogP contribution in [-0.4, -0.2) is 24.5 Å². The first-order valence-electron chi connectivity index (χ1n) is 7.01. The molecule has 7 heteroatoms. The van der Waals surface area contributed by atoms with Crippen molar-refractivity contribution in [3.05, 3.63) is 22.4 Å². The van der Waals surface area contributed by atoms with E-state index in [-0.39, 0.29) is 18.4 Å². The minimum atomic E-state index is -0.640. The van der Waals surface area contributed by atoms with E-state index in [1.165, 1.54) is 11.3 Å². The van der Waals surface area contributed by atoms with Crippen molar-refractivity contribution in [1.82, 2.24) is 10.6 Å². The minimum Gasteiger partial charge on any atom is -0.352 e. The molecule has 3 amide bonds. The number of thiophene rings is 1. The van der Waals surface area contributed by atoms with Crippen LogP contribution in [0, 0.1) is 5.92 Å². The molecular weight excluding hydrogens is 288 g/mol. The van der Waals surface area contributed by atoms with Crippen molar-refractivity contribution in [3.8, 4) is 0 Å². The second-order valence-corrected chi connectivity index (χ2v) is 6.39. The molecule has 1 heterocycles. The highest BCUT2D eigenvalue weighted by Crippen LogP contribution is 2.22. The zero-order valence-electron chi connectivity index (χ0n) is 12.5. The van der Waals surface area contributed by atoms with Gasteiger partial charge in [0.15, 0.2) is 0 Å². The van der Waals surface area contributed by atoms with Crippen LogP contribution >= 0.6 is 11.3 Å². The Morgan fingerprint density at radius 3 is 2.52 bits per heavy atom. The molecule has 1 aromatic rings. The monoisotopic (exact) mass is 312 g/mol. The van der Waals surface area contributed by atoms with Gasteiger partial charge >= 0.3 is 6.03 Å². The molecule has 118 valence electrons. The van der Waals surface area contributed by atoms with E-state index in [2.05, 4.69) is 24.5 Å². The molecule has 2 atom stereocenters. The second-order valence-electron chi connectivity index (χ2n) is 5.41. The fourth-order valence-electron chi connectivity index (χ4n) is 2.14. The fourth-order valence-corrected chi connectivity index (χ4v) is 2.92. The van der Waals surface area contributed by atoms with Gasteiger partial charge in [-0.1, -0.05) is 19.9 Å². The Labute approximate surface area is 129 Å². The van der Waals surface area contributed by atoms with Crippen LogP contribution < -0.4 is 22.1 Å². The molecule has 21 heavy (non-hydrogen) atoms. The first kappa shape index (κ1) is 17.5. The lowest BCUT2D eigenvalue weighted by atomic mass is 10.0. The standard InChI is InChI=1S/C14H24N4O2S/c1-9(2)6-10(8-15)17-13(19)7-11(18-14(16)20)12-4-3-5-21-12/h3-5,9-11H,6-8,15H2,1-2H3,(H,17,19)(H3,16,18,20). The van der Waals surface area contributed by atoms with Crippen molar-refractivity contribution in [2.24, 2.45) is 17.4 Å². The molecule has 0 saturated carbocycles. The number of rotatable bonds is 8. The molecule has 6 nitrogen and oxygen atoms in total. The lowest BCUT2D eigenvalue weighted by Crippen LogP contribution is -2.43. The first-order chi connectivity index (χ1) is 9.92. The molecule has 0 radical (unpaired) electrons. The molecule has 1 aromatic heterocycles. The molecule has 0 aliphatic carbocycles. The summed E-state index contributed by atoms with van der Waals surface area (Å²) in [5, 5.41) is 7.41. The van der Waals surface area contributed by atoms with Gasteiger partial charge in [-0.15, -0.1) is 11.3 Å². The van der Waals surface area contributed by atoms with Gasteiger partial charge in [0, 0.05) is 17.5 Å². The highest BCUT2D eigenvalue weighted by molar-refractivity contribution is 7.10. The summed E-state index contributed by atoms with van der Waals surface area (Å²) < 4.78 is 0. The average molecular weight is 312 g/mol. The molecule has 0 spiro atoms. The maximum Gasteiger partial charge on any atom is 0.312 e. The van der Waals surface area contributed by atoms with Crippen molar-refractivity contribution in [3.63, 3.8) is 0 Å². The summed E-state index contributed by atoms with van der Waals surface area (Å²) in [6, 6.07) is 2.65. The molecule has 1 rings (SSSR count). The number of hydrogen-bond acceptors (Lipinski definition) is 4. The maximum absolute atomic E-state index is 12.1. The number of hydrogen-bond donors (Lipinski definition) is 4. The SMILES string of the molecule is CC(C)CC(CN)NC(=O)CC(NC(N)=O)c1cccs1. The Kier molecular flexibility index (Phi) is 7.18. The van der Waals surface area contributed by atoms with E-state index in [1.54, 1.807) is 0 Å². The number of amides is 3. The predicted octanol–water partition coefficient (Wildman–Crippen LogP) is 1.34. The van der Waals surface area contributed by atoms with Crippen LogP contribution in [0.15, 0.2) is 17.5 Å². The van der Waals surface area contributed by atoms with E-state index < -0.39 is 12.1 Å². The van der Waals surface area contributed by atoms with Crippen LogP contribution in [-0.2, 0) is 4.79 Å². The summed E-state index contributed by atoms with van der Waals surface area (Å²) in [4.78, 5) is 24.1. The van der Waals surface area contributed by atoms with Gasteiger partial charge in [-0.3, -0.25) is 4.79 Å². The third-order valence-corrected chi connectivity index (χ3v) is 3.98. The fraction of sp³-hybridized carbons (Fsp3) is 0.571. The number of urea groups is 1. The second kappa shape index (κ2) is 8.63. The topological polar surface area (TPSA) is 110 Å². The van der Waals surface area contributed by atoms with Crippen LogP contribution in [0.1, 0.15) is 37.6 Å². The van der Waals surface area contributed by atoms with Gasteiger partial charge in [-0.05, 0) is 23.8 Å². The van der Waals surface area contributed by atoms with E-state index in [0.717, 1.165) is 11.3 Å². The third-order valence-electron chi connectivity index (χ3n) is 3.00. The average Bonchev–Trinajstić information content (AvgIpc) is 2.89. The molecule has 6 N–H and O–H groups in total. The Morgan fingerprint density at radius 1 is 1.33 bits per heavy atom. The number of nitrogens with one attached hydrogen (secondary N) is 2. The zero-order chi connectivity index (χ0) is 15.8. The Hall–Kier alpha value is -1.60. The summed E-state index contributed by atoms with van der Waals surface area (Å²) in [7, 11) is 0. The lowest BCUT2D eigenvalue weighted by molar-refractivity contribution is -0.122. The predicted molar refractivity (Wildman–Crippen MR) is 84.8 cm³/mol.